The van der Waals surface area contributed by atoms with Crippen LogP contribution < -0.4 is 0 Å². The Labute approximate surface area is 174 Å². The van der Waals surface area contributed by atoms with Crippen molar-refractivity contribution >= 4 is 62.4 Å². The minimum atomic E-state index is -0.538. The lowest BCUT2D eigenvalue weighted by molar-refractivity contribution is -0.135. The summed E-state index contributed by atoms with van der Waals surface area (Å²) in [6.07, 6.45) is 5.47. The van der Waals surface area contributed by atoms with E-state index < -0.39 is 11.1 Å². The monoisotopic (exact) mass is 472 g/mol. The molecule has 2 heterocycles. The van der Waals surface area contributed by atoms with E-state index in [4.69, 9.17) is 11.6 Å². The summed E-state index contributed by atoms with van der Waals surface area (Å²) in [5, 5.41) is 10.00. The summed E-state index contributed by atoms with van der Waals surface area (Å²) in [6, 6.07) is 3.03. The number of halogens is 2. The zero-order chi connectivity index (χ0) is 19.6. The Morgan fingerprint density at radius 2 is 1.89 bits per heavy atom. The maximum atomic E-state index is 12.6. The van der Waals surface area contributed by atoms with Crippen LogP contribution in [0, 0.1) is 0 Å². The second-order valence-electron chi connectivity index (χ2n) is 6.39. The van der Waals surface area contributed by atoms with Gasteiger partial charge in [-0.1, -0.05) is 24.4 Å². The number of imide groups is 1. The van der Waals surface area contributed by atoms with E-state index in [-0.39, 0.29) is 23.1 Å². The first kappa shape index (κ1) is 20.2. The fourth-order valence-corrected chi connectivity index (χ4v) is 4.69. The lowest BCUT2D eigenvalue weighted by atomic mass is 10.2. The molecule has 0 bridgehead atoms. The molecular formula is C18H18BrClN2O4S. The topological polar surface area (TPSA) is 77.9 Å². The molecule has 3 rings (SSSR count). The zero-order valence-electron chi connectivity index (χ0n) is 14.4. The minimum absolute atomic E-state index is 0.0770. The van der Waals surface area contributed by atoms with Crippen molar-refractivity contribution < 1.29 is 19.5 Å². The fraction of sp³-hybridized carbons (Fsp3) is 0.389. The molecule has 0 atom stereocenters. The number of rotatable bonds is 3. The number of carbonyl (C=O) groups is 3. The lowest BCUT2D eigenvalue weighted by Gasteiger charge is -2.22. The first-order chi connectivity index (χ1) is 12.9. The van der Waals surface area contributed by atoms with E-state index in [9.17, 15) is 19.5 Å². The van der Waals surface area contributed by atoms with Crippen LogP contribution in [-0.2, 0) is 9.59 Å². The predicted octanol–water partition coefficient (Wildman–Crippen LogP) is 4.25. The standard InChI is InChI=1S/C18H18BrClN2O4S/c19-13-9-12(20)7-11(16(13)24)8-14-17(25)22(18(26)27-14)10-15(23)21-5-3-1-2-4-6-21/h7-9,24H,1-6,10H2. The molecule has 2 fully saturated rings. The van der Waals surface area contributed by atoms with Crippen molar-refractivity contribution in [1.82, 2.24) is 9.80 Å². The van der Waals surface area contributed by atoms with Crippen molar-refractivity contribution in [3.8, 4) is 5.75 Å². The number of likely N-dealkylation sites (tertiary alicyclic amines) is 1. The van der Waals surface area contributed by atoms with Crippen molar-refractivity contribution in [2.75, 3.05) is 19.6 Å². The second-order valence-corrected chi connectivity index (χ2v) is 8.67. The largest absolute Gasteiger partial charge is 0.506 e. The van der Waals surface area contributed by atoms with Gasteiger partial charge in [-0.05, 0) is 58.7 Å². The number of phenols is 1. The van der Waals surface area contributed by atoms with E-state index in [1.165, 1.54) is 18.2 Å². The minimum Gasteiger partial charge on any atom is -0.506 e. The fourth-order valence-electron chi connectivity index (χ4n) is 3.03. The van der Waals surface area contributed by atoms with Gasteiger partial charge in [-0.2, -0.15) is 0 Å². The Morgan fingerprint density at radius 3 is 2.56 bits per heavy atom. The molecule has 0 spiro atoms. The summed E-state index contributed by atoms with van der Waals surface area (Å²) >= 11 is 9.91. The third-order valence-corrected chi connectivity index (χ3v) is 6.20. The Hall–Kier alpha value is -1.51. The van der Waals surface area contributed by atoms with Crippen LogP contribution in [0.15, 0.2) is 21.5 Å². The Bertz CT molecular complexity index is 822. The van der Waals surface area contributed by atoms with Crippen LogP contribution >= 0.6 is 39.3 Å². The zero-order valence-corrected chi connectivity index (χ0v) is 17.6. The molecule has 3 amide bonds. The van der Waals surface area contributed by atoms with Gasteiger partial charge in [0.15, 0.2) is 0 Å². The van der Waals surface area contributed by atoms with E-state index in [0.29, 0.717) is 28.1 Å². The van der Waals surface area contributed by atoms with E-state index in [1.807, 2.05) is 0 Å². The number of hydrogen-bond acceptors (Lipinski definition) is 5. The van der Waals surface area contributed by atoms with Gasteiger partial charge in [0, 0.05) is 23.7 Å². The summed E-state index contributed by atoms with van der Waals surface area (Å²) < 4.78 is 0.386. The summed E-state index contributed by atoms with van der Waals surface area (Å²) in [5.41, 5.74) is 0.318. The highest BCUT2D eigenvalue weighted by molar-refractivity contribution is 9.10. The smallest absolute Gasteiger partial charge is 0.294 e. The van der Waals surface area contributed by atoms with Gasteiger partial charge in [0.1, 0.15) is 12.3 Å². The van der Waals surface area contributed by atoms with Crippen LogP contribution in [-0.4, -0.2) is 51.6 Å². The van der Waals surface area contributed by atoms with Crippen molar-refractivity contribution in [2.45, 2.75) is 25.7 Å². The number of carbonyl (C=O) groups excluding carboxylic acids is 3. The first-order valence-electron chi connectivity index (χ1n) is 8.58. The van der Waals surface area contributed by atoms with Gasteiger partial charge in [0.05, 0.1) is 9.38 Å². The average molecular weight is 474 g/mol. The quantitative estimate of drug-likeness (QED) is 0.664. The number of thioether (sulfide) groups is 1. The molecule has 1 N–H and O–H groups in total. The van der Waals surface area contributed by atoms with Crippen LogP contribution in [0.2, 0.25) is 5.02 Å². The molecule has 144 valence electrons. The predicted molar refractivity (Wildman–Crippen MR) is 109 cm³/mol. The van der Waals surface area contributed by atoms with Crippen molar-refractivity contribution in [3.05, 3.63) is 32.1 Å². The normalized spacial score (nSPS) is 19.7. The third kappa shape index (κ3) is 4.67. The van der Waals surface area contributed by atoms with Gasteiger partial charge < -0.3 is 10.0 Å². The molecule has 0 unspecified atom stereocenters. The third-order valence-electron chi connectivity index (χ3n) is 4.47. The highest BCUT2D eigenvalue weighted by Gasteiger charge is 2.37. The molecule has 1 aromatic carbocycles. The Balaban J connectivity index is 1.76. The summed E-state index contributed by atoms with van der Waals surface area (Å²) in [4.78, 5) is 40.2. The SMILES string of the molecule is O=C(CN1C(=O)SC(=Cc2cc(Cl)cc(Br)c2O)C1=O)N1CCCCCC1. The molecular weight excluding hydrogens is 456 g/mol. The number of hydrogen-bond donors (Lipinski definition) is 1. The molecule has 0 aliphatic carbocycles. The van der Waals surface area contributed by atoms with Crippen molar-refractivity contribution in [2.24, 2.45) is 0 Å². The van der Waals surface area contributed by atoms with E-state index in [2.05, 4.69) is 15.9 Å². The summed E-state index contributed by atoms with van der Waals surface area (Å²) in [7, 11) is 0. The molecule has 2 saturated heterocycles. The van der Waals surface area contributed by atoms with Gasteiger partial charge in [-0.25, -0.2) is 0 Å². The Kier molecular flexibility index (Phi) is 6.49. The number of aromatic hydroxyl groups is 1. The highest BCUT2D eigenvalue weighted by atomic mass is 79.9. The molecule has 0 radical (unpaired) electrons. The average Bonchev–Trinajstić information content (AvgIpc) is 2.83. The Morgan fingerprint density at radius 1 is 1.22 bits per heavy atom. The van der Waals surface area contributed by atoms with Crippen LogP contribution in [0.5, 0.6) is 5.75 Å². The van der Waals surface area contributed by atoms with Gasteiger partial charge in [0.25, 0.3) is 11.1 Å². The summed E-state index contributed by atoms with van der Waals surface area (Å²) in [5.74, 6) is -0.829. The van der Waals surface area contributed by atoms with Crippen LogP contribution in [0.4, 0.5) is 4.79 Å². The summed E-state index contributed by atoms with van der Waals surface area (Å²) in [6.45, 7) is 1.07. The number of nitrogens with zero attached hydrogens (tertiary/aromatic N) is 2. The number of amides is 3. The van der Waals surface area contributed by atoms with Crippen LogP contribution in [0.3, 0.4) is 0 Å². The lowest BCUT2D eigenvalue weighted by Crippen LogP contribution is -2.42. The maximum absolute atomic E-state index is 12.6. The van der Waals surface area contributed by atoms with E-state index in [0.717, 1.165) is 42.3 Å². The molecule has 2 aliphatic rings. The van der Waals surface area contributed by atoms with Gasteiger partial charge in [0.2, 0.25) is 5.91 Å². The molecule has 0 aromatic heterocycles. The van der Waals surface area contributed by atoms with Crippen molar-refractivity contribution in [1.29, 1.82) is 0 Å². The second kappa shape index (κ2) is 8.67. The van der Waals surface area contributed by atoms with E-state index in [1.54, 1.807) is 4.90 Å². The number of benzene rings is 1. The van der Waals surface area contributed by atoms with Crippen LogP contribution in [0.25, 0.3) is 6.08 Å². The molecule has 2 aliphatic heterocycles. The first-order valence-corrected chi connectivity index (χ1v) is 10.6. The number of phenolic OH excluding ortho intramolecular Hbond substituents is 1. The van der Waals surface area contributed by atoms with Gasteiger partial charge in [-0.15, -0.1) is 0 Å². The maximum Gasteiger partial charge on any atom is 0.294 e. The van der Waals surface area contributed by atoms with E-state index >= 15 is 0 Å². The molecule has 0 saturated carbocycles. The van der Waals surface area contributed by atoms with Crippen molar-refractivity contribution in [3.63, 3.8) is 0 Å². The molecule has 1 aromatic rings. The molecule has 27 heavy (non-hydrogen) atoms. The molecule has 6 nitrogen and oxygen atoms in total. The highest BCUT2D eigenvalue weighted by Crippen LogP contribution is 2.37. The van der Waals surface area contributed by atoms with Crippen LogP contribution in [0.1, 0.15) is 31.2 Å². The van der Waals surface area contributed by atoms with Gasteiger partial charge in [-0.3, -0.25) is 19.3 Å². The van der Waals surface area contributed by atoms with Gasteiger partial charge >= 0.3 is 0 Å². The molecule has 9 heteroatoms.